The van der Waals surface area contributed by atoms with E-state index in [4.69, 9.17) is 4.74 Å². The zero-order valence-electron chi connectivity index (χ0n) is 14.2. The highest BCUT2D eigenvalue weighted by Crippen LogP contribution is 2.31. The van der Waals surface area contributed by atoms with Gasteiger partial charge in [-0.15, -0.1) is 0 Å². The SMILES string of the molecule is O=Cc1c(O[C@@H](C(=O)NC2CC2)c2ccccc2)ccc2ccccc12. The number of amides is 1. The van der Waals surface area contributed by atoms with E-state index in [1.165, 1.54) is 0 Å². The first-order valence-corrected chi connectivity index (χ1v) is 8.75. The van der Waals surface area contributed by atoms with E-state index in [0.717, 1.165) is 35.5 Å². The van der Waals surface area contributed by atoms with E-state index in [-0.39, 0.29) is 11.9 Å². The Morgan fingerprint density at radius 2 is 1.73 bits per heavy atom. The van der Waals surface area contributed by atoms with Gasteiger partial charge in [0.2, 0.25) is 6.10 Å². The van der Waals surface area contributed by atoms with Gasteiger partial charge in [0.25, 0.3) is 5.91 Å². The van der Waals surface area contributed by atoms with Crippen molar-refractivity contribution in [1.82, 2.24) is 5.32 Å². The van der Waals surface area contributed by atoms with Crippen LogP contribution in [0.2, 0.25) is 0 Å². The second-order valence-electron chi connectivity index (χ2n) is 6.51. The van der Waals surface area contributed by atoms with Crippen LogP contribution in [0.5, 0.6) is 5.75 Å². The fourth-order valence-electron chi connectivity index (χ4n) is 3.03. The number of ether oxygens (including phenoxy) is 1. The molecule has 0 spiro atoms. The molecule has 4 heteroatoms. The van der Waals surface area contributed by atoms with E-state index in [1.54, 1.807) is 6.07 Å². The molecule has 0 heterocycles. The number of nitrogens with one attached hydrogen (secondary N) is 1. The van der Waals surface area contributed by atoms with Crippen molar-refractivity contribution in [3.05, 3.63) is 77.9 Å². The largest absolute Gasteiger partial charge is 0.475 e. The Bertz CT molecular complexity index is 948. The first-order chi connectivity index (χ1) is 12.8. The van der Waals surface area contributed by atoms with Gasteiger partial charge in [0, 0.05) is 11.6 Å². The van der Waals surface area contributed by atoms with Gasteiger partial charge in [-0.3, -0.25) is 9.59 Å². The first-order valence-electron chi connectivity index (χ1n) is 8.75. The zero-order chi connectivity index (χ0) is 17.9. The van der Waals surface area contributed by atoms with Crippen molar-refractivity contribution in [2.75, 3.05) is 0 Å². The molecule has 0 saturated heterocycles. The van der Waals surface area contributed by atoms with Crippen LogP contribution < -0.4 is 10.1 Å². The van der Waals surface area contributed by atoms with Crippen molar-refractivity contribution < 1.29 is 14.3 Å². The van der Waals surface area contributed by atoms with Crippen molar-refractivity contribution in [2.45, 2.75) is 25.0 Å². The van der Waals surface area contributed by atoms with Crippen LogP contribution in [-0.4, -0.2) is 18.2 Å². The minimum atomic E-state index is -0.795. The first kappa shape index (κ1) is 16.3. The number of carbonyl (C=O) groups excluding carboxylic acids is 2. The summed E-state index contributed by atoms with van der Waals surface area (Å²) in [5.74, 6) is 0.238. The maximum absolute atomic E-state index is 12.7. The molecule has 1 aliphatic rings. The summed E-state index contributed by atoms with van der Waals surface area (Å²) in [6.45, 7) is 0. The Kier molecular flexibility index (Phi) is 4.40. The Labute approximate surface area is 151 Å². The molecule has 3 aromatic rings. The van der Waals surface area contributed by atoms with Gasteiger partial charge < -0.3 is 10.1 Å². The standard InChI is InChI=1S/C22H19NO3/c24-14-19-18-9-5-4-6-15(18)10-13-20(19)26-21(16-7-2-1-3-8-16)22(25)23-17-11-12-17/h1-10,13-14,17,21H,11-12H2,(H,23,25)/t21-/m1/s1. The predicted molar refractivity (Wildman–Crippen MR) is 100 cm³/mol. The molecule has 3 aromatic carbocycles. The average Bonchev–Trinajstić information content (AvgIpc) is 3.50. The van der Waals surface area contributed by atoms with Gasteiger partial charge in [0.05, 0.1) is 5.56 Å². The molecule has 1 atom stereocenters. The van der Waals surface area contributed by atoms with E-state index in [1.807, 2.05) is 60.7 Å². The summed E-state index contributed by atoms with van der Waals surface area (Å²) in [5, 5.41) is 4.77. The van der Waals surface area contributed by atoms with Gasteiger partial charge >= 0.3 is 0 Å². The number of aldehydes is 1. The average molecular weight is 345 g/mol. The molecule has 1 aliphatic carbocycles. The molecule has 1 amide bonds. The Balaban J connectivity index is 1.72. The lowest BCUT2D eigenvalue weighted by atomic mass is 10.0. The molecule has 1 fully saturated rings. The predicted octanol–water partition coefficient (Wildman–Crippen LogP) is 4.05. The molecule has 4 rings (SSSR count). The van der Waals surface area contributed by atoms with Crippen LogP contribution in [0.3, 0.4) is 0 Å². The molecule has 0 radical (unpaired) electrons. The van der Waals surface area contributed by atoms with Crippen molar-refractivity contribution in [2.24, 2.45) is 0 Å². The van der Waals surface area contributed by atoms with Crippen molar-refractivity contribution in [3.63, 3.8) is 0 Å². The molecule has 0 aromatic heterocycles. The monoisotopic (exact) mass is 345 g/mol. The minimum Gasteiger partial charge on any atom is -0.475 e. The molecule has 4 nitrogen and oxygen atoms in total. The van der Waals surface area contributed by atoms with E-state index in [0.29, 0.717) is 11.3 Å². The summed E-state index contributed by atoms with van der Waals surface area (Å²) in [6.07, 6.45) is 2.00. The molecule has 130 valence electrons. The van der Waals surface area contributed by atoms with Crippen LogP contribution in [0.25, 0.3) is 10.8 Å². The van der Waals surface area contributed by atoms with Crippen LogP contribution >= 0.6 is 0 Å². The topological polar surface area (TPSA) is 55.4 Å². The molecule has 0 bridgehead atoms. The normalized spacial score (nSPS) is 14.6. The molecular formula is C22H19NO3. The Hall–Kier alpha value is -3.14. The smallest absolute Gasteiger partial charge is 0.266 e. The van der Waals surface area contributed by atoms with Gasteiger partial charge in [-0.1, -0.05) is 60.7 Å². The number of rotatable bonds is 6. The molecule has 26 heavy (non-hydrogen) atoms. The molecule has 0 aliphatic heterocycles. The lowest BCUT2D eigenvalue weighted by molar-refractivity contribution is -0.128. The van der Waals surface area contributed by atoms with Crippen LogP contribution in [0, 0.1) is 0 Å². The summed E-state index contributed by atoms with van der Waals surface area (Å²) in [4.78, 5) is 24.5. The Morgan fingerprint density at radius 3 is 2.46 bits per heavy atom. The number of carbonyl (C=O) groups is 2. The summed E-state index contributed by atoms with van der Waals surface area (Å²) in [7, 11) is 0. The van der Waals surface area contributed by atoms with Crippen molar-refractivity contribution in [1.29, 1.82) is 0 Å². The van der Waals surface area contributed by atoms with Crippen LogP contribution in [0.15, 0.2) is 66.7 Å². The fraction of sp³-hybridized carbons (Fsp3) is 0.182. The van der Waals surface area contributed by atoms with Gasteiger partial charge in [0.1, 0.15) is 5.75 Å². The third kappa shape index (κ3) is 3.31. The Morgan fingerprint density at radius 1 is 1.00 bits per heavy atom. The quantitative estimate of drug-likeness (QED) is 0.686. The van der Waals surface area contributed by atoms with E-state index >= 15 is 0 Å². The van der Waals surface area contributed by atoms with E-state index < -0.39 is 6.10 Å². The third-order valence-electron chi connectivity index (χ3n) is 4.56. The molecule has 1 N–H and O–H groups in total. The molecule has 1 saturated carbocycles. The number of hydrogen-bond donors (Lipinski definition) is 1. The minimum absolute atomic E-state index is 0.177. The molecule has 0 unspecified atom stereocenters. The van der Waals surface area contributed by atoms with Crippen LogP contribution in [0.1, 0.15) is 34.9 Å². The highest BCUT2D eigenvalue weighted by Gasteiger charge is 2.30. The maximum atomic E-state index is 12.7. The van der Waals surface area contributed by atoms with Gasteiger partial charge in [-0.2, -0.15) is 0 Å². The second-order valence-corrected chi connectivity index (χ2v) is 6.51. The summed E-state index contributed by atoms with van der Waals surface area (Å²) < 4.78 is 6.08. The second kappa shape index (κ2) is 7.00. The number of fused-ring (bicyclic) bond motifs is 1. The van der Waals surface area contributed by atoms with E-state index in [9.17, 15) is 9.59 Å². The van der Waals surface area contributed by atoms with Crippen molar-refractivity contribution in [3.8, 4) is 5.75 Å². The van der Waals surface area contributed by atoms with Gasteiger partial charge in [-0.05, 0) is 29.7 Å². The highest BCUT2D eigenvalue weighted by atomic mass is 16.5. The number of benzene rings is 3. The van der Waals surface area contributed by atoms with Crippen LogP contribution in [0.4, 0.5) is 0 Å². The fourth-order valence-corrected chi connectivity index (χ4v) is 3.03. The number of hydrogen-bond acceptors (Lipinski definition) is 3. The van der Waals surface area contributed by atoms with Crippen molar-refractivity contribution >= 4 is 23.0 Å². The summed E-state index contributed by atoms with van der Waals surface area (Å²) in [6, 6.07) is 20.9. The van der Waals surface area contributed by atoms with E-state index in [2.05, 4.69) is 5.32 Å². The lowest BCUT2D eigenvalue weighted by Gasteiger charge is -2.20. The third-order valence-corrected chi connectivity index (χ3v) is 4.56. The lowest BCUT2D eigenvalue weighted by Crippen LogP contribution is -2.34. The van der Waals surface area contributed by atoms with Crippen LogP contribution in [-0.2, 0) is 4.79 Å². The van der Waals surface area contributed by atoms with Gasteiger partial charge in [0.15, 0.2) is 6.29 Å². The zero-order valence-corrected chi connectivity index (χ0v) is 14.2. The summed E-state index contributed by atoms with van der Waals surface area (Å²) >= 11 is 0. The molecular weight excluding hydrogens is 326 g/mol. The maximum Gasteiger partial charge on any atom is 0.266 e. The highest BCUT2D eigenvalue weighted by molar-refractivity contribution is 6.01. The van der Waals surface area contributed by atoms with Gasteiger partial charge in [-0.25, -0.2) is 0 Å². The summed E-state index contributed by atoms with van der Waals surface area (Å²) in [5.41, 5.74) is 1.22.